The molecule has 2 saturated carbocycles. The number of aliphatic hydroxyl groups is 3. The minimum Gasteiger partial charge on any atom is -0.491 e. The molecule has 0 heterocycles. The maximum atomic E-state index is 11.8. The molecule has 5 atom stereocenters. The van der Waals surface area contributed by atoms with Crippen LogP contribution in [0.2, 0.25) is 5.02 Å². The Hall–Kier alpha value is -1.86. The number of allylic oxidation sites excluding steroid dienone is 2. The van der Waals surface area contributed by atoms with Crippen LogP contribution in [0.15, 0.2) is 48.6 Å². The molecule has 1 amide bonds. The van der Waals surface area contributed by atoms with Crippen molar-refractivity contribution in [1.82, 2.24) is 5.32 Å². The summed E-state index contributed by atoms with van der Waals surface area (Å²) in [4.78, 5) is 11.8. The van der Waals surface area contributed by atoms with Gasteiger partial charge in [0.2, 0.25) is 5.91 Å². The molecule has 1 aromatic carbocycles. The Labute approximate surface area is 201 Å². The molecular formula is C26H36ClNO5. The minimum absolute atomic E-state index is 0.0705. The standard InChI is InChI=1S/C26H36ClNO5/c27-19-6-5-7-21(14-19)33-17-20(29)12-13-23-22(24(30)15-25(23)31)8-3-1-2-4-9-26(32)28-16-18-10-11-18/h1,3,5-7,12-14,18,20,22-25,29-31H,2,4,8-11,15-17H2,(H,28,32)/t20-,22-,23-,24+,25-/m1/s1. The van der Waals surface area contributed by atoms with Gasteiger partial charge in [0, 0.05) is 30.3 Å². The minimum atomic E-state index is -0.837. The maximum absolute atomic E-state index is 11.8. The fourth-order valence-corrected chi connectivity index (χ4v) is 4.36. The van der Waals surface area contributed by atoms with Gasteiger partial charge >= 0.3 is 0 Å². The summed E-state index contributed by atoms with van der Waals surface area (Å²) in [5, 5.41) is 34.5. The summed E-state index contributed by atoms with van der Waals surface area (Å²) in [5.41, 5.74) is 0. The third kappa shape index (κ3) is 9.13. The van der Waals surface area contributed by atoms with Crippen molar-refractivity contribution in [3.8, 4) is 5.75 Å². The molecule has 2 fully saturated rings. The number of hydrogen-bond donors (Lipinski definition) is 4. The van der Waals surface area contributed by atoms with Crippen molar-refractivity contribution in [1.29, 1.82) is 0 Å². The Balaban J connectivity index is 1.38. The van der Waals surface area contributed by atoms with Crippen molar-refractivity contribution in [3.05, 3.63) is 53.6 Å². The molecule has 6 nitrogen and oxygen atoms in total. The van der Waals surface area contributed by atoms with Crippen LogP contribution >= 0.6 is 11.6 Å². The second-order valence-corrected chi connectivity index (χ2v) is 9.62. The van der Waals surface area contributed by atoms with E-state index in [0.29, 0.717) is 36.0 Å². The molecule has 1 aromatic rings. The zero-order valence-electron chi connectivity index (χ0n) is 19.0. The number of amides is 1. The van der Waals surface area contributed by atoms with Crippen molar-refractivity contribution in [2.24, 2.45) is 17.8 Å². The molecule has 2 aliphatic rings. The molecular weight excluding hydrogens is 442 g/mol. The van der Waals surface area contributed by atoms with Crippen LogP contribution in [0.25, 0.3) is 0 Å². The van der Waals surface area contributed by atoms with Crippen molar-refractivity contribution >= 4 is 17.5 Å². The van der Waals surface area contributed by atoms with Crippen molar-refractivity contribution < 1.29 is 24.9 Å². The molecule has 0 unspecified atom stereocenters. The van der Waals surface area contributed by atoms with Gasteiger partial charge in [-0.2, -0.15) is 0 Å². The van der Waals surface area contributed by atoms with Crippen LogP contribution in [-0.4, -0.2) is 52.7 Å². The summed E-state index contributed by atoms with van der Waals surface area (Å²) < 4.78 is 5.55. The van der Waals surface area contributed by atoms with E-state index in [1.807, 2.05) is 12.2 Å². The number of nitrogens with one attached hydrogen (secondary N) is 1. The molecule has 0 aromatic heterocycles. The van der Waals surface area contributed by atoms with Gasteiger partial charge in [-0.05, 0) is 62.1 Å². The lowest BCUT2D eigenvalue weighted by atomic mass is 9.89. The van der Waals surface area contributed by atoms with Crippen molar-refractivity contribution in [2.75, 3.05) is 13.2 Å². The van der Waals surface area contributed by atoms with Crippen LogP contribution in [0.4, 0.5) is 0 Å². The summed E-state index contributed by atoms with van der Waals surface area (Å²) >= 11 is 5.93. The first-order chi connectivity index (χ1) is 15.9. The SMILES string of the molecule is O=C(CCCC=CC[C@@H]1[C@@H](C=C[C@@H](O)COc2cccc(Cl)c2)[C@H](O)C[C@@H]1O)NCC1CC1. The summed E-state index contributed by atoms with van der Waals surface area (Å²) in [6.07, 6.45) is 11.0. The topological polar surface area (TPSA) is 99.0 Å². The average Bonchev–Trinajstić information content (AvgIpc) is 3.57. The average molecular weight is 478 g/mol. The number of unbranched alkanes of at least 4 members (excludes halogenated alkanes) is 1. The fraction of sp³-hybridized carbons (Fsp3) is 0.577. The number of hydrogen-bond acceptors (Lipinski definition) is 5. The molecule has 0 radical (unpaired) electrons. The van der Waals surface area contributed by atoms with Gasteiger partial charge in [0.1, 0.15) is 18.5 Å². The van der Waals surface area contributed by atoms with Gasteiger partial charge in [-0.3, -0.25) is 4.79 Å². The Morgan fingerprint density at radius 1 is 1.24 bits per heavy atom. The smallest absolute Gasteiger partial charge is 0.220 e. The lowest BCUT2D eigenvalue weighted by Crippen LogP contribution is -2.24. The zero-order valence-corrected chi connectivity index (χ0v) is 19.7. The molecule has 0 spiro atoms. The maximum Gasteiger partial charge on any atom is 0.220 e. The lowest BCUT2D eigenvalue weighted by molar-refractivity contribution is -0.121. The van der Waals surface area contributed by atoms with Crippen LogP contribution < -0.4 is 10.1 Å². The highest BCUT2D eigenvalue weighted by molar-refractivity contribution is 6.30. The first-order valence-corrected chi connectivity index (χ1v) is 12.3. The third-order valence-electron chi connectivity index (χ3n) is 6.32. The number of carbonyl (C=O) groups is 1. The van der Waals surface area contributed by atoms with Crippen LogP contribution in [0.3, 0.4) is 0 Å². The summed E-state index contributed by atoms with van der Waals surface area (Å²) in [6, 6.07) is 6.97. The second kappa shape index (κ2) is 13.1. The van der Waals surface area contributed by atoms with Crippen LogP contribution in [0, 0.1) is 17.8 Å². The van der Waals surface area contributed by atoms with E-state index in [4.69, 9.17) is 16.3 Å². The van der Waals surface area contributed by atoms with Gasteiger partial charge in [0.15, 0.2) is 0 Å². The zero-order chi connectivity index (χ0) is 23.6. The Kier molecular flexibility index (Phi) is 10.3. The molecule has 3 rings (SSSR count). The Bertz CT molecular complexity index is 810. The van der Waals surface area contributed by atoms with E-state index in [-0.39, 0.29) is 24.3 Å². The van der Waals surface area contributed by atoms with Crippen LogP contribution in [-0.2, 0) is 4.79 Å². The third-order valence-corrected chi connectivity index (χ3v) is 6.56. The molecule has 0 bridgehead atoms. The predicted molar refractivity (Wildman–Crippen MR) is 129 cm³/mol. The quantitative estimate of drug-likeness (QED) is 0.257. The van der Waals surface area contributed by atoms with E-state index < -0.39 is 18.3 Å². The number of carbonyl (C=O) groups excluding carboxylic acids is 1. The molecule has 0 aliphatic heterocycles. The monoisotopic (exact) mass is 477 g/mol. The first kappa shape index (κ1) is 25.8. The number of halogens is 1. The number of aliphatic hydroxyl groups excluding tert-OH is 3. The van der Waals surface area contributed by atoms with Crippen molar-refractivity contribution in [2.45, 2.75) is 63.3 Å². The van der Waals surface area contributed by atoms with E-state index in [2.05, 4.69) is 5.32 Å². The number of ether oxygens (including phenoxy) is 1. The second-order valence-electron chi connectivity index (χ2n) is 9.18. The van der Waals surface area contributed by atoms with E-state index in [1.54, 1.807) is 36.4 Å². The summed E-state index contributed by atoms with van der Waals surface area (Å²) in [5.74, 6) is 1.04. The van der Waals surface area contributed by atoms with Crippen LogP contribution in [0.1, 0.15) is 44.9 Å². The van der Waals surface area contributed by atoms with Gasteiger partial charge in [-0.15, -0.1) is 0 Å². The highest BCUT2D eigenvalue weighted by atomic mass is 35.5. The fourth-order valence-electron chi connectivity index (χ4n) is 4.18. The molecule has 7 heteroatoms. The van der Waals surface area contributed by atoms with Gasteiger partial charge in [-0.1, -0.05) is 42.0 Å². The first-order valence-electron chi connectivity index (χ1n) is 11.9. The summed E-state index contributed by atoms with van der Waals surface area (Å²) in [6.45, 7) is 0.883. The summed E-state index contributed by atoms with van der Waals surface area (Å²) in [7, 11) is 0. The molecule has 2 aliphatic carbocycles. The Morgan fingerprint density at radius 2 is 2.06 bits per heavy atom. The molecule has 0 saturated heterocycles. The van der Waals surface area contributed by atoms with E-state index in [1.165, 1.54) is 12.8 Å². The van der Waals surface area contributed by atoms with Gasteiger partial charge in [0.25, 0.3) is 0 Å². The van der Waals surface area contributed by atoms with E-state index in [0.717, 1.165) is 19.4 Å². The van der Waals surface area contributed by atoms with Gasteiger partial charge in [0.05, 0.1) is 12.2 Å². The number of rotatable bonds is 13. The molecule has 4 N–H and O–H groups in total. The highest BCUT2D eigenvalue weighted by Gasteiger charge is 2.39. The van der Waals surface area contributed by atoms with Crippen molar-refractivity contribution in [3.63, 3.8) is 0 Å². The van der Waals surface area contributed by atoms with Gasteiger partial charge in [-0.25, -0.2) is 0 Å². The molecule has 182 valence electrons. The molecule has 33 heavy (non-hydrogen) atoms. The Morgan fingerprint density at radius 3 is 2.82 bits per heavy atom. The van der Waals surface area contributed by atoms with Gasteiger partial charge < -0.3 is 25.4 Å². The van der Waals surface area contributed by atoms with E-state index in [9.17, 15) is 20.1 Å². The predicted octanol–water partition coefficient (Wildman–Crippen LogP) is 3.64. The largest absolute Gasteiger partial charge is 0.491 e. The van der Waals surface area contributed by atoms with Crippen LogP contribution in [0.5, 0.6) is 5.75 Å². The normalized spacial score (nSPS) is 26.2. The number of benzene rings is 1. The van der Waals surface area contributed by atoms with E-state index >= 15 is 0 Å². The highest BCUT2D eigenvalue weighted by Crippen LogP contribution is 2.36. The lowest BCUT2D eigenvalue weighted by Gasteiger charge is -2.19.